The van der Waals surface area contributed by atoms with Crippen LogP contribution < -0.4 is 5.46 Å². The van der Waals surface area contributed by atoms with Gasteiger partial charge in [0.05, 0.1) is 0 Å². The zero-order valence-electron chi connectivity index (χ0n) is 8.03. The van der Waals surface area contributed by atoms with E-state index in [0.29, 0.717) is 0 Å². The number of rotatable bonds is 2. The van der Waals surface area contributed by atoms with E-state index in [9.17, 15) is 0 Å². The monoisotopic (exact) mass is 322 g/mol. The van der Waals surface area contributed by atoms with Gasteiger partial charge in [-0.3, -0.25) is 0 Å². The molecular weight excluding hydrogens is 315 g/mol. The maximum atomic E-state index is 3.55. The average Bonchev–Trinajstić information content (AvgIpc) is 2.30. The molecule has 0 radical (unpaired) electrons. The molecule has 0 saturated carbocycles. The lowest BCUT2D eigenvalue weighted by Crippen LogP contribution is -2.19. The Morgan fingerprint density at radius 2 is 1.33 bits per heavy atom. The number of halogens is 2. The standard InChI is InChI=1S/C12H9BBr2/c14-13(15)12-9-5-4-8-11(12)10-6-2-1-3-7-10/h1-9H. The second-order valence-corrected chi connectivity index (χ2v) is 6.31. The van der Waals surface area contributed by atoms with Gasteiger partial charge in [-0.2, -0.15) is 0 Å². The maximum absolute atomic E-state index is 3.55. The molecule has 0 unspecified atom stereocenters. The molecule has 0 bridgehead atoms. The van der Waals surface area contributed by atoms with Gasteiger partial charge in [0, 0.05) is 0 Å². The van der Waals surface area contributed by atoms with Gasteiger partial charge in [0.15, 0.2) is 0 Å². The fraction of sp³-hybridized carbons (Fsp3) is 0. The van der Waals surface area contributed by atoms with Crippen LogP contribution in [0, 0.1) is 0 Å². The predicted octanol–water partition coefficient (Wildman–Crippen LogP) is 3.84. The summed E-state index contributed by atoms with van der Waals surface area (Å²) in [7, 11) is 0. The van der Waals surface area contributed by atoms with Gasteiger partial charge >= 0.3 is 4.36 Å². The molecule has 0 aliphatic rings. The van der Waals surface area contributed by atoms with E-state index >= 15 is 0 Å². The topological polar surface area (TPSA) is 0 Å². The molecule has 0 amide bonds. The van der Waals surface area contributed by atoms with E-state index in [1.165, 1.54) is 16.6 Å². The van der Waals surface area contributed by atoms with Gasteiger partial charge in [-0.1, -0.05) is 54.6 Å². The van der Waals surface area contributed by atoms with Crippen LogP contribution in [0.1, 0.15) is 0 Å². The summed E-state index contributed by atoms with van der Waals surface area (Å²) in [5.74, 6) is 0. The molecule has 2 rings (SSSR count). The van der Waals surface area contributed by atoms with Crippen LogP contribution >= 0.6 is 31.5 Å². The quantitative estimate of drug-likeness (QED) is 0.737. The maximum Gasteiger partial charge on any atom is 0.330 e. The second-order valence-electron chi connectivity index (χ2n) is 3.25. The molecule has 0 aliphatic carbocycles. The van der Waals surface area contributed by atoms with Crippen LogP contribution in [0.25, 0.3) is 11.1 Å². The highest BCUT2D eigenvalue weighted by molar-refractivity contribution is 9.49. The van der Waals surface area contributed by atoms with Crippen LogP contribution in [0.3, 0.4) is 0 Å². The van der Waals surface area contributed by atoms with Crippen LogP contribution in [0.15, 0.2) is 54.6 Å². The minimum absolute atomic E-state index is 0.196. The Bertz CT molecular complexity index is 440. The van der Waals surface area contributed by atoms with Crippen molar-refractivity contribution in [3.8, 4) is 11.1 Å². The third-order valence-corrected chi connectivity index (χ3v) is 3.27. The zero-order valence-corrected chi connectivity index (χ0v) is 11.2. The molecule has 2 aromatic rings. The first-order chi connectivity index (χ1) is 7.29. The number of benzene rings is 2. The number of hydrogen-bond donors (Lipinski definition) is 0. The minimum Gasteiger partial charge on any atom is -0.132 e. The molecule has 0 saturated heterocycles. The average molecular weight is 324 g/mol. The molecule has 0 fully saturated rings. The molecule has 0 nitrogen and oxygen atoms in total. The summed E-state index contributed by atoms with van der Waals surface area (Å²) in [6.07, 6.45) is 0. The molecule has 74 valence electrons. The third kappa shape index (κ3) is 2.53. The van der Waals surface area contributed by atoms with Gasteiger partial charge in [0.1, 0.15) is 0 Å². The van der Waals surface area contributed by atoms with Gasteiger partial charge in [-0.15, -0.1) is 31.5 Å². The van der Waals surface area contributed by atoms with E-state index in [2.05, 4.69) is 80.0 Å². The summed E-state index contributed by atoms with van der Waals surface area (Å²) < 4.78 is 0.196. The van der Waals surface area contributed by atoms with Gasteiger partial charge in [-0.05, 0) is 16.6 Å². The highest BCUT2D eigenvalue weighted by atomic mass is 79.9. The van der Waals surface area contributed by atoms with Gasteiger partial charge in [0.2, 0.25) is 0 Å². The molecule has 0 N–H and O–H groups in total. The molecule has 0 atom stereocenters. The highest BCUT2D eigenvalue weighted by Gasteiger charge is 2.12. The fourth-order valence-corrected chi connectivity index (χ4v) is 2.37. The van der Waals surface area contributed by atoms with Crippen molar-refractivity contribution in [3.63, 3.8) is 0 Å². The smallest absolute Gasteiger partial charge is 0.132 e. The lowest BCUT2D eigenvalue weighted by molar-refractivity contribution is 1.65. The van der Waals surface area contributed by atoms with E-state index in [1.54, 1.807) is 0 Å². The number of hydrogen-bond acceptors (Lipinski definition) is 0. The third-order valence-electron chi connectivity index (χ3n) is 2.28. The molecular formula is C12H9BBr2. The van der Waals surface area contributed by atoms with Crippen LogP contribution in [0.5, 0.6) is 0 Å². The van der Waals surface area contributed by atoms with Crippen LogP contribution in [-0.2, 0) is 0 Å². The molecule has 0 heterocycles. The first-order valence-electron chi connectivity index (χ1n) is 4.71. The Morgan fingerprint density at radius 1 is 0.733 bits per heavy atom. The van der Waals surface area contributed by atoms with E-state index in [1.807, 2.05) is 6.07 Å². The second kappa shape index (κ2) is 5.00. The fourth-order valence-electron chi connectivity index (χ4n) is 1.57. The summed E-state index contributed by atoms with van der Waals surface area (Å²) in [5.41, 5.74) is 3.76. The normalized spacial score (nSPS) is 10.0. The molecule has 0 spiro atoms. The molecule has 0 aromatic heterocycles. The Balaban J connectivity index is 2.53. The van der Waals surface area contributed by atoms with Crippen molar-refractivity contribution < 1.29 is 0 Å². The van der Waals surface area contributed by atoms with Crippen molar-refractivity contribution in [2.45, 2.75) is 0 Å². The Morgan fingerprint density at radius 3 is 2.00 bits per heavy atom. The van der Waals surface area contributed by atoms with Gasteiger partial charge in [0.25, 0.3) is 0 Å². The molecule has 15 heavy (non-hydrogen) atoms. The minimum atomic E-state index is 0.196. The lowest BCUT2D eigenvalue weighted by atomic mass is 9.86. The van der Waals surface area contributed by atoms with Crippen LogP contribution in [0.2, 0.25) is 0 Å². The summed E-state index contributed by atoms with van der Waals surface area (Å²) >= 11 is 7.09. The van der Waals surface area contributed by atoms with E-state index in [4.69, 9.17) is 0 Å². The van der Waals surface area contributed by atoms with Crippen molar-refractivity contribution >= 4 is 41.3 Å². The van der Waals surface area contributed by atoms with Crippen molar-refractivity contribution in [1.82, 2.24) is 0 Å². The van der Waals surface area contributed by atoms with E-state index in [-0.39, 0.29) is 4.36 Å². The van der Waals surface area contributed by atoms with Gasteiger partial charge < -0.3 is 0 Å². The van der Waals surface area contributed by atoms with Crippen molar-refractivity contribution in [2.24, 2.45) is 0 Å². The molecule has 2 aromatic carbocycles. The van der Waals surface area contributed by atoms with Crippen LogP contribution in [-0.4, -0.2) is 4.36 Å². The Kier molecular flexibility index (Phi) is 3.65. The van der Waals surface area contributed by atoms with E-state index < -0.39 is 0 Å². The first-order valence-corrected chi connectivity index (χ1v) is 6.54. The van der Waals surface area contributed by atoms with Crippen molar-refractivity contribution in [3.05, 3.63) is 54.6 Å². The SMILES string of the molecule is BrB(Br)c1ccccc1-c1ccccc1. The van der Waals surface area contributed by atoms with Gasteiger partial charge in [-0.25, -0.2) is 0 Å². The molecule has 3 heteroatoms. The zero-order chi connectivity index (χ0) is 10.7. The largest absolute Gasteiger partial charge is 0.330 e. The van der Waals surface area contributed by atoms with Crippen molar-refractivity contribution in [1.29, 1.82) is 0 Å². The summed E-state index contributed by atoms with van der Waals surface area (Å²) in [6, 6.07) is 18.8. The summed E-state index contributed by atoms with van der Waals surface area (Å²) in [5, 5.41) is 0. The molecule has 0 aliphatic heterocycles. The van der Waals surface area contributed by atoms with E-state index in [0.717, 1.165) is 0 Å². The summed E-state index contributed by atoms with van der Waals surface area (Å²) in [4.78, 5) is 0. The predicted molar refractivity (Wildman–Crippen MR) is 75.1 cm³/mol. The Labute approximate surface area is 107 Å². The lowest BCUT2D eigenvalue weighted by Gasteiger charge is -2.08. The van der Waals surface area contributed by atoms with Crippen molar-refractivity contribution in [2.75, 3.05) is 0 Å². The summed E-state index contributed by atoms with van der Waals surface area (Å²) in [6.45, 7) is 0. The Hall–Kier alpha value is -0.535. The van der Waals surface area contributed by atoms with Crippen LogP contribution in [0.4, 0.5) is 0 Å². The highest BCUT2D eigenvalue weighted by Crippen LogP contribution is 2.19. The first kappa shape index (κ1) is 11.0.